The fraction of sp³-hybridized carbons (Fsp3) is 0.500. The van der Waals surface area contributed by atoms with Gasteiger partial charge in [-0.1, -0.05) is 0 Å². The number of nitrogens with zero attached hydrogens (tertiary/aromatic N) is 3. The first-order valence-corrected chi connectivity index (χ1v) is 9.71. The topological polar surface area (TPSA) is 97.6 Å². The Hall–Kier alpha value is -2.74. The van der Waals surface area contributed by atoms with Gasteiger partial charge >= 0.3 is 5.63 Å². The van der Waals surface area contributed by atoms with Crippen LogP contribution in [0.5, 0.6) is 0 Å². The van der Waals surface area contributed by atoms with Crippen molar-refractivity contribution in [2.75, 3.05) is 24.6 Å². The second-order valence-corrected chi connectivity index (χ2v) is 7.28. The first kappa shape index (κ1) is 18.6. The zero-order chi connectivity index (χ0) is 19.5. The maximum absolute atomic E-state index is 12.7. The molecule has 148 valence electrons. The van der Waals surface area contributed by atoms with Crippen LogP contribution in [0.25, 0.3) is 0 Å². The van der Waals surface area contributed by atoms with Crippen LogP contribution in [-0.4, -0.2) is 41.6 Å². The molecule has 4 rings (SSSR count). The minimum Gasteiger partial charge on any atom is -0.424 e. The third kappa shape index (κ3) is 3.91. The van der Waals surface area contributed by atoms with Crippen LogP contribution < -0.4 is 15.8 Å². The third-order valence-electron chi connectivity index (χ3n) is 5.31. The molecule has 1 atom stereocenters. The minimum atomic E-state index is -0.599. The Morgan fingerprint density at radius 1 is 1.21 bits per heavy atom. The van der Waals surface area contributed by atoms with E-state index in [9.17, 15) is 9.59 Å². The van der Waals surface area contributed by atoms with Crippen molar-refractivity contribution in [3.63, 3.8) is 0 Å². The van der Waals surface area contributed by atoms with Crippen LogP contribution in [0.4, 0.5) is 5.95 Å². The molecule has 2 aliphatic rings. The van der Waals surface area contributed by atoms with Gasteiger partial charge in [-0.25, -0.2) is 14.8 Å². The summed E-state index contributed by atoms with van der Waals surface area (Å²) < 4.78 is 11.0. The third-order valence-corrected chi connectivity index (χ3v) is 5.31. The predicted molar refractivity (Wildman–Crippen MR) is 102 cm³/mol. The van der Waals surface area contributed by atoms with Gasteiger partial charge < -0.3 is 19.4 Å². The molecule has 1 amide bonds. The van der Waals surface area contributed by atoms with Gasteiger partial charge in [-0.15, -0.1) is 0 Å². The van der Waals surface area contributed by atoms with E-state index in [2.05, 4.69) is 20.2 Å². The van der Waals surface area contributed by atoms with E-state index in [-0.39, 0.29) is 23.6 Å². The quantitative estimate of drug-likeness (QED) is 0.861. The van der Waals surface area contributed by atoms with Crippen LogP contribution in [0.2, 0.25) is 0 Å². The number of aromatic nitrogens is 2. The standard InChI is InChI=1S/C20H24N4O4/c1-13-12-16(15-4-2-11-27-15)28-19(26)17(13)18(25)23-14-5-9-24(10-6-14)20-21-7-3-8-22-20/h3,7-8,12,14-15H,2,4-6,9-11H2,1H3,(H,23,25). The highest BCUT2D eigenvalue weighted by Crippen LogP contribution is 2.28. The molecule has 0 aliphatic carbocycles. The lowest BCUT2D eigenvalue weighted by Crippen LogP contribution is -2.46. The van der Waals surface area contributed by atoms with Gasteiger partial charge in [-0.2, -0.15) is 0 Å². The molecule has 2 aliphatic heterocycles. The van der Waals surface area contributed by atoms with E-state index in [1.807, 2.05) is 0 Å². The number of rotatable bonds is 4. The van der Waals surface area contributed by atoms with Crippen molar-refractivity contribution in [2.45, 2.75) is 44.8 Å². The fourth-order valence-corrected chi connectivity index (χ4v) is 3.80. The number of amides is 1. The maximum Gasteiger partial charge on any atom is 0.349 e. The molecular weight excluding hydrogens is 360 g/mol. The summed E-state index contributed by atoms with van der Waals surface area (Å²) in [6.07, 6.45) is 6.56. The second-order valence-electron chi connectivity index (χ2n) is 7.28. The van der Waals surface area contributed by atoms with E-state index in [0.29, 0.717) is 23.9 Å². The molecule has 2 aromatic heterocycles. The van der Waals surface area contributed by atoms with Crippen LogP contribution >= 0.6 is 0 Å². The molecule has 8 heteroatoms. The summed E-state index contributed by atoms with van der Waals surface area (Å²) in [5.41, 5.74) is 0.100. The second kappa shape index (κ2) is 8.10. The van der Waals surface area contributed by atoms with E-state index in [0.717, 1.165) is 38.8 Å². The lowest BCUT2D eigenvalue weighted by molar-refractivity contribution is 0.0876. The largest absolute Gasteiger partial charge is 0.424 e. The summed E-state index contributed by atoms with van der Waals surface area (Å²) >= 11 is 0. The SMILES string of the molecule is Cc1cc(C2CCCO2)oc(=O)c1C(=O)NC1CCN(c2ncccn2)CC1. The number of anilines is 1. The van der Waals surface area contributed by atoms with Gasteiger partial charge in [0.1, 0.15) is 17.4 Å². The molecule has 0 bridgehead atoms. The molecule has 1 N–H and O–H groups in total. The monoisotopic (exact) mass is 384 g/mol. The highest BCUT2D eigenvalue weighted by Gasteiger charge is 2.27. The summed E-state index contributed by atoms with van der Waals surface area (Å²) in [6, 6.07) is 3.54. The highest BCUT2D eigenvalue weighted by molar-refractivity contribution is 5.95. The van der Waals surface area contributed by atoms with Crippen molar-refractivity contribution in [3.8, 4) is 0 Å². The van der Waals surface area contributed by atoms with Gasteiger partial charge in [-0.05, 0) is 50.3 Å². The van der Waals surface area contributed by atoms with Gasteiger partial charge in [0.15, 0.2) is 0 Å². The van der Waals surface area contributed by atoms with Crippen molar-refractivity contribution in [2.24, 2.45) is 0 Å². The lowest BCUT2D eigenvalue weighted by atomic mass is 10.0. The van der Waals surface area contributed by atoms with Gasteiger partial charge in [0.05, 0.1) is 0 Å². The summed E-state index contributed by atoms with van der Waals surface area (Å²) in [5.74, 6) is 0.834. The van der Waals surface area contributed by atoms with Crippen molar-refractivity contribution in [1.82, 2.24) is 15.3 Å². The number of hydrogen-bond acceptors (Lipinski definition) is 7. The molecule has 4 heterocycles. The number of ether oxygens (including phenoxy) is 1. The summed E-state index contributed by atoms with van der Waals surface area (Å²) in [5, 5.41) is 2.98. The number of nitrogens with one attached hydrogen (secondary N) is 1. The molecular formula is C20H24N4O4. The Labute approximate surface area is 162 Å². The Balaban J connectivity index is 1.39. The Morgan fingerprint density at radius 3 is 2.61 bits per heavy atom. The molecule has 28 heavy (non-hydrogen) atoms. The molecule has 1 unspecified atom stereocenters. The number of hydrogen-bond donors (Lipinski definition) is 1. The van der Waals surface area contributed by atoms with Gasteiger partial charge in [-0.3, -0.25) is 4.79 Å². The number of carbonyl (C=O) groups excluding carboxylic acids is 1. The summed E-state index contributed by atoms with van der Waals surface area (Å²) in [7, 11) is 0. The van der Waals surface area contributed by atoms with Gasteiger partial charge in [0, 0.05) is 38.1 Å². The number of aryl methyl sites for hydroxylation is 1. The van der Waals surface area contributed by atoms with Gasteiger partial charge in [0.2, 0.25) is 5.95 Å². The first-order chi connectivity index (χ1) is 13.6. The number of piperidine rings is 1. The maximum atomic E-state index is 12.7. The van der Waals surface area contributed by atoms with Crippen molar-refractivity contribution >= 4 is 11.9 Å². The van der Waals surface area contributed by atoms with Crippen molar-refractivity contribution < 1.29 is 13.9 Å². The van der Waals surface area contributed by atoms with E-state index >= 15 is 0 Å². The van der Waals surface area contributed by atoms with E-state index in [1.165, 1.54) is 0 Å². The molecule has 8 nitrogen and oxygen atoms in total. The summed E-state index contributed by atoms with van der Waals surface area (Å²) in [6.45, 7) is 3.93. The normalized spacial score (nSPS) is 20.3. The predicted octanol–water partition coefficient (Wildman–Crippen LogP) is 1.99. The van der Waals surface area contributed by atoms with Crippen LogP contribution in [-0.2, 0) is 4.74 Å². The Bertz CT molecular complexity index is 885. The smallest absolute Gasteiger partial charge is 0.349 e. The molecule has 2 saturated heterocycles. The van der Waals surface area contributed by atoms with Crippen molar-refractivity contribution in [3.05, 3.63) is 51.8 Å². The molecule has 2 fully saturated rings. The highest BCUT2D eigenvalue weighted by atomic mass is 16.5. The van der Waals surface area contributed by atoms with E-state index in [1.54, 1.807) is 31.5 Å². The molecule has 0 aromatic carbocycles. The van der Waals surface area contributed by atoms with Crippen LogP contribution in [0, 0.1) is 6.92 Å². The van der Waals surface area contributed by atoms with Gasteiger partial charge in [0.25, 0.3) is 5.91 Å². The first-order valence-electron chi connectivity index (χ1n) is 9.71. The Morgan fingerprint density at radius 2 is 1.96 bits per heavy atom. The number of carbonyl (C=O) groups is 1. The average Bonchev–Trinajstić information content (AvgIpc) is 3.23. The zero-order valence-corrected chi connectivity index (χ0v) is 15.9. The molecule has 0 spiro atoms. The molecule has 0 saturated carbocycles. The fourth-order valence-electron chi connectivity index (χ4n) is 3.80. The van der Waals surface area contributed by atoms with Crippen LogP contribution in [0.3, 0.4) is 0 Å². The molecule has 0 radical (unpaired) electrons. The molecule has 2 aromatic rings. The van der Waals surface area contributed by atoms with Crippen LogP contribution in [0.1, 0.15) is 53.5 Å². The Kier molecular flexibility index (Phi) is 5.38. The zero-order valence-electron chi connectivity index (χ0n) is 15.9. The van der Waals surface area contributed by atoms with Crippen molar-refractivity contribution in [1.29, 1.82) is 0 Å². The van der Waals surface area contributed by atoms with E-state index in [4.69, 9.17) is 9.15 Å². The average molecular weight is 384 g/mol. The summed E-state index contributed by atoms with van der Waals surface area (Å²) in [4.78, 5) is 35.8. The minimum absolute atomic E-state index is 0.00380. The van der Waals surface area contributed by atoms with E-state index < -0.39 is 5.63 Å². The lowest BCUT2D eigenvalue weighted by Gasteiger charge is -2.32. The van der Waals surface area contributed by atoms with Crippen LogP contribution in [0.15, 0.2) is 33.7 Å².